The molecule has 3 aromatic rings. The number of hydrogen-bond acceptors (Lipinski definition) is 6. The van der Waals surface area contributed by atoms with Gasteiger partial charge in [-0.1, -0.05) is 42.5 Å². The first-order chi connectivity index (χ1) is 16.4. The number of aliphatic hydroxyl groups excluding tert-OH is 1. The van der Waals surface area contributed by atoms with Crippen LogP contribution in [0.3, 0.4) is 0 Å². The van der Waals surface area contributed by atoms with Crippen molar-refractivity contribution in [1.82, 2.24) is 15.5 Å². The van der Waals surface area contributed by atoms with Crippen LogP contribution in [0.25, 0.3) is 0 Å². The minimum absolute atomic E-state index is 0.0885. The number of hydrogen-bond donors (Lipinski definition) is 3. The number of fused-ring (bicyclic) bond motifs is 1. The number of carbonyl (C=O) groups is 2. The van der Waals surface area contributed by atoms with Gasteiger partial charge in [0.15, 0.2) is 0 Å². The second-order valence-electron chi connectivity index (χ2n) is 8.50. The molecule has 2 aromatic carbocycles. The zero-order chi connectivity index (χ0) is 24.1. The maximum atomic E-state index is 12.9. The molecule has 0 fully saturated rings. The van der Waals surface area contributed by atoms with E-state index >= 15 is 0 Å². The van der Waals surface area contributed by atoms with Gasteiger partial charge in [0.05, 0.1) is 18.3 Å². The van der Waals surface area contributed by atoms with Crippen molar-refractivity contribution in [2.45, 2.75) is 18.7 Å². The van der Waals surface area contributed by atoms with Gasteiger partial charge in [-0.2, -0.15) is 0 Å². The predicted molar refractivity (Wildman–Crippen MR) is 135 cm³/mol. The molecule has 1 aromatic heterocycles. The van der Waals surface area contributed by atoms with Crippen molar-refractivity contribution in [3.8, 4) is 0 Å². The summed E-state index contributed by atoms with van der Waals surface area (Å²) in [5.41, 5.74) is 3.52. The minimum Gasteiger partial charge on any atom is -0.387 e. The van der Waals surface area contributed by atoms with Crippen molar-refractivity contribution in [3.05, 3.63) is 87.6 Å². The Bertz CT molecular complexity index is 1120. The van der Waals surface area contributed by atoms with Crippen LogP contribution in [0.2, 0.25) is 0 Å². The molecule has 0 saturated carbocycles. The smallest absolute Gasteiger partial charge is 0.265 e. The molecule has 2 amide bonds. The molecule has 1 aliphatic rings. The van der Waals surface area contributed by atoms with E-state index in [-0.39, 0.29) is 18.0 Å². The second kappa shape index (κ2) is 10.8. The molecule has 1 aliphatic heterocycles. The first-order valence-corrected chi connectivity index (χ1v) is 12.2. The molecule has 0 bridgehead atoms. The topological polar surface area (TPSA) is 84.9 Å². The monoisotopic (exact) mass is 478 g/mol. The fourth-order valence-corrected chi connectivity index (χ4v) is 4.87. The first-order valence-electron chi connectivity index (χ1n) is 11.3. The van der Waals surface area contributed by atoms with Gasteiger partial charge in [-0.3, -0.25) is 9.59 Å². The Balaban J connectivity index is 1.25. The number of thiophene rings is 1. The lowest BCUT2D eigenvalue weighted by atomic mass is 10.1. The highest BCUT2D eigenvalue weighted by Crippen LogP contribution is 2.29. The van der Waals surface area contributed by atoms with Crippen LogP contribution in [0.4, 0.5) is 5.69 Å². The quantitative estimate of drug-likeness (QED) is 0.412. The van der Waals surface area contributed by atoms with E-state index in [9.17, 15) is 14.7 Å². The summed E-state index contributed by atoms with van der Waals surface area (Å²) in [6, 6.07) is 19.1. The fourth-order valence-electron chi connectivity index (χ4n) is 4.04. The average Bonchev–Trinajstić information content (AvgIpc) is 3.36. The Labute approximate surface area is 204 Å². The van der Waals surface area contributed by atoms with Crippen LogP contribution >= 0.6 is 11.3 Å². The van der Waals surface area contributed by atoms with Gasteiger partial charge >= 0.3 is 0 Å². The maximum Gasteiger partial charge on any atom is 0.265 e. The van der Waals surface area contributed by atoms with Gasteiger partial charge in [-0.05, 0) is 47.7 Å². The number of likely N-dealkylation sites (N-methyl/N-ethyl adjacent to an activating group) is 2. The third-order valence-corrected chi connectivity index (χ3v) is 7.01. The van der Waals surface area contributed by atoms with Crippen LogP contribution in [-0.2, 0) is 6.42 Å². The van der Waals surface area contributed by atoms with Crippen LogP contribution in [0.1, 0.15) is 37.3 Å². The summed E-state index contributed by atoms with van der Waals surface area (Å²) >= 11 is 1.42. The molecule has 0 radical (unpaired) electrons. The van der Waals surface area contributed by atoms with E-state index in [1.807, 2.05) is 78.0 Å². The van der Waals surface area contributed by atoms with E-state index in [2.05, 4.69) is 10.6 Å². The highest BCUT2D eigenvalue weighted by molar-refractivity contribution is 7.12. The van der Waals surface area contributed by atoms with Gasteiger partial charge in [0, 0.05) is 26.2 Å². The number of amides is 2. The molecule has 0 saturated heterocycles. The highest BCUT2D eigenvalue weighted by Gasteiger charge is 2.31. The predicted octanol–water partition coefficient (Wildman–Crippen LogP) is 2.89. The minimum atomic E-state index is -0.531. The van der Waals surface area contributed by atoms with Crippen molar-refractivity contribution < 1.29 is 14.7 Å². The summed E-state index contributed by atoms with van der Waals surface area (Å²) in [5, 5.41) is 18.4. The largest absolute Gasteiger partial charge is 0.387 e. The normalized spacial score (nSPS) is 16.0. The van der Waals surface area contributed by atoms with Gasteiger partial charge in [-0.15, -0.1) is 11.3 Å². The molecule has 2 atom stereocenters. The molecule has 2 heterocycles. The zero-order valence-corrected chi connectivity index (χ0v) is 20.2. The number of nitrogens with zero attached hydrogens (tertiary/aromatic N) is 2. The van der Waals surface area contributed by atoms with Gasteiger partial charge in [-0.25, -0.2) is 0 Å². The number of carbonyl (C=O) groups excluding carboxylic acids is 2. The van der Waals surface area contributed by atoms with E-state index in [1.54, 1.807) is 11.9 Å². The number of benzene rings is 2. The number of rotatable bonds is 9. The Hall–Kier alpha value is -3.20. The molecule has 3 N–H and O–H groups in total. The summed E-state index contributed by atoms with van der Waals surface area (Å²) in [6.07, 6.45) is -0.00979. The average molecular weight is 479 g/mol. The molecule has 8 heteroatoms. The second-order valence-corrected chi connectivity index (χ2v) is 9.41. The third-order valence-electron chi connectivity index (χ3n) is 6.10. The summed E-state index contributed by atoms with van der Waals surface area (Å²) in [5.74, 6) is -0.183. The van der Waals surface area contributed by atoms with Crippen molar-refractivity contribution >= 4 is 28.8 Å². The molecule has 2 unspecified atom stereocenters. The molecular weight excluding hydrogens is 448 g/mol. The SMILES string of the molecule is CN(CC1NC(=O)c2sccc2N1C)C(=O)c1ccc(CCNCC(O)c2ccccc2)cc1. The third kappa shape index (κ3) is 5.47. The molecule has 34 heavy (non-hydrogen) atoms. The Morgan fingerprint density at radius 3 is 2.65 bits per heavy atom. The lowest BCUT2D eigenvalue weighted by Crippen LogP contribution is -2.56. The van der Waals surface area contributed by atoms with E-state index in [1.165, 1.54) is 11.3 Å². The van der Waals surface area contributed by atoms with Gasteiger partial charge in [0.25, 0.3) is 11.8 Å². The maximum absolute atomic E-state index is 12.9. The lowest BCUT2D eigenvalue weighted by molar-refractivity contribution is 0.0762. The molecule has 178 valence electrons. The Morgan fingerprint density at radius 1 is 1.18 bits per heavy atom. The summed E-state index contributed by atoms with van der Waals surface area (Å²) in [6.45, 7) is 1.60. The number of aliphatic hydroxyl groups is 1. The van der Waals surface area contributed by atoms with Gasteiger partial charge in [0.1, 0.15) is 11.0 Å². The standard InChI is InChI=1S/C26H30N4O3S/c1-29(17-23-28-25(32)24-21(30(23)2)13-15-34-24)26(33)20-10-8-18(9-11-20)12-14-27-16-22(31)19-6-4-3-5-7-19/h3-11,13,15,22-23,27,31H,12,14,16-17H2,1-2H3,(H,28,32). The van der Waals surface area contributed by atoms with E-state index in [0.717, 1.165) is 29.8 Å². The van der Waals surface area contributed by atoms with Crippen LogP contribution < -0.4 is 15.5 Å². The van der Waals surface area contributed by atoms with Crippen LogP contribution in [0.5, 0.6) is 0 Å². The fraction of sp³-hybridized carbons (Fsp3) is 0.308. The molecule has 0 aliphatic carbocycles. The van der Waals surface area contributed by atoms with Crippen LogP contribution in [0.15, 0.2) is 66.0 Å². The Morgan fingerprint density at radius 2 is 1.91 bits per heavy atom. The van der Waals surface area contributed by atoms with Gasteiger partial charge < -0.3 is 25.5 Å². The van der Waals surface area contributed by atoms with E-state index in [4.69, 9.17) is 0 Å². The summed E-state index contributed by atoms with van der Waals surface area (Å²) in [7, 11) is 3.68. The molecule has 7 nitrogen and oxygen atoms in total. The zero-order valence-electron chi connectivity index (χ0n) is 19.4. The van der Waals surface area contributed by atoms with Crippen molar-refractivity contribution in [1.29, 1.82) is 0 Å². The number of nitrogens with one attached hydrogen (secondary N) is 2. The Kier molecular flexibility index (Phi) is 7.62. The molecule has 4 rings (SSSR count). The lowest BCUT2D eigenvalue weighted by Gasteiger charge is -2.36. The summed E-state index contributed by atoms with van der Waals surface area (Å²) < 4.78 is 0. The highest BCUT2D eigenvalue weighted by atomic mass is 32.1. The van der Waals surface area contributed by atoms with Crippen LogP contribution in [0, 0.1) is 0 Å². The molecular formula is C26H30N4O3S. The van der Waals surface area contributed by atoms with Crippen molar-refractivity contribution in [2.24, 2.45) is 0 Å². The van der Waals surface area contributed by atoms with E-state index in [0.29, 0.717) is 23.5 Å². The first kappa shape index (κ1) is 23.9. The van der Waals surface area contributed by atoms with Crippen LogP contribution in [-0.4, -0.2) is 61.7 Å². The van der Waals surface area contributed by atoms with Crippen molar-refractivity contribution in [3.63, 3.8) is 0 Å². The number of anilines is 1. The molecule has 0 spiro atoms. The van der Waals surface area contributed by atoms with Crippen molar-refractivity contribution in [2.75, 3.05) is 38.6 Å². The van der Waals surface area contributed by atoms with E-state index < -0.39 is 6.10 Å². The van der Waals surface area contributed by atoms with Gasteiger partial charge in [0.2, 0.25) is 0 Å². The summed E-state index contributed by atoms with van der Waals surface area (Å²) in [4.78, 5) is 29.6.